The molecule has 0 saturated heterocycles. The van der Waals surface area contributed by atoms with E-state index in [9.17, 15) is 18.0 Å². The molecule has 0 aliphatic carbocycles. The number of halogens is 3. The van der Waals surface area contributed by atoms with Crippen molar-refractivity contribution in [3.8, 4) is 22.8 Å². The summed E-state index contributed by atoms with van der Waals surface area (Å²) in [5.41, 5.74) is -0.728. The third-order valence-electron chi connectivity index (χ3n) is 4.26. The highest BCUT2D eigenvalue weighted by Crippen LogP contribution is 2.39. The van der Waals surface area contributed by atoms with E-state index in [-0.39, 0.29) is 22.8 Å². The molecule has 1 heterocycles. The van der Waals surface area contributed by atoms with Crippen LogP contribution in [-0.2, 0) is 6.18 Å². The molecule has 6 heteroatoms. The molecule has 0 unspecified atom stereocenters. The Bertz CT molecular complexity index is 1160. The number of carbonyl (C=O) groups is 1. The van der Waals surface area contributed by atoms with Gasteiger partial charge in [0.15, 0.2) is 12.0 Å². The number of rotatable bonds is 4. The van der Waals surface area contributed by atoms with Gasteiger partial charge in [0, 0.05) is 0 Å². The van der Waals surface area contributed by atoms with Crippen molar-refractivity contribution in [1.29, 1.82) is 0 Å². The predicted molar refractivity (Wildman–Crippen MR) is 98.6 cm³/mol. The van der Waals surface area contributed by atoms with E-state index in [1.54, 1.807) is 12.1 Å². The normalized spacial score (nSPS) is 11.5. The molecular formula is C22H13F3O3. The van der Waals surface area contributed by atoms with E-state index in [1.165, 1.54) is 18.2 Å². The Morgan fingerprint density at radius 3 is 2.36 bits per heavy atom. The van der Waals surface area contributed by atoms with Crippen molar-refractivity contribution in [2.75, 3.05) is 0 Å². The summed E-state index contributed by atoms with van der Waals surface area (Å²) >= 11 is 0. The molecule has 0 fully saturated rings. The number of carbonyl (C=O) groups excluding carboxylic acids is 1. The first-order valence-corrected chi connectivity index (χ1v) is 8.37. The van der Waals surface area contributed by atoms with E-state index in [2.05, 4.69) is 0 Å². The van der Waals surface area contributed by atoms with Crippen molar-refractivity contribution in [2.24, 2.45) is 0 Å². The van der Waals surface area contributed by atoms with Crippen LogP contribution >= 0.6 is 0 Å². The molecular weight excluding hydrogens is 369 g/mol. The Morgan fingerprint density at radius 2 is 1.64 bits per heavy atom. The van der Waals surface area contributed by atoms with Gasteiger partial charge in [0.05, 0.1) is 11.1 Å². The SMILES string of the molecule is O=Cc1ccc(-c2cc(C(F)(F)F)ccc2Oc2ccc3ccccc3c2)o1. The molecule has 0 aliphatic rings. The van der Waals surface area contributed by atoms with E-state index < -0.39 is 11.7 Å². The molecule has 4 aromatic rings. The van der Waals surface area contributed by atoms with E-state index in [1.807, 2.05) is 30.3 Å². The largest absolute Gasteiger partial charge is 0.457 e. The maximum absolute atomic E-state index is 13.2. The van der Waals surface area contributed by atoms with Crippen molar-refractivity contribution in [3.63, 3.8) is 0 Å². The summed E-state index contributed by atoms with van der Waals surface area (Å²) in [5, 5.41) is 1.96. The van der Waals surface area contributed by atoms with Gasteiger partial charge in [-0.25, -0.2) is 0 Å². The minimum absolute atomic E-state index is 0.0177. The molecule has 0 N–H and O–H groups in total. The Hall–Kier alpha value is -3.54. The average molecular weight is 382 g/mol. The molecule has 0 amide bonds. The Morgan fingerprint density at radius 1 is 0.857 bits per heavy atom. The summed E-state index contributed by atoms with van der Waals surface area (Å²) in [6.07, 6.45) is -4.03. The smallest absolute Gasteiger partial charge is 0.416 e. The second-order valence-corrected chi connectivity index (χ2v) is 6.14. The van der Waals surface area contributed by atoms with Crippen LogP contribution in [-0.4, -0.2) is 6.29 Å². The number of alkyl halides is 3. The third kappa shape index (κ3) is 3.49. The number of ether oxygens (including phenoxy) is 1. The van der Waals surface area contributed by atoms with Gasteiger partial charge in [-0.15, -0.1) is 0 Å². The van der Waals surface area contributed by atoms with Crippen LogP contribution < -0.4 is 4.74 Å². The number of furan rings is 1. The quantitative estimate of drug-likeness (QED) is 0.368. The van der Waals surface area contributed by atoms with E-state index in [4.69, 9.17) is 9.15 Å². The van der Waals surface area contributed by atoms with E-state index in [0.29, 0.717) is 12.0 Å². The van der Waals surface area contributed by atoms with Gasteiger partial charge < -0.3 is 9.15 Å². The first-order valence-electron chi connectivity index (χ1n) is 8.37. The number of aldehydes is 1. The predicted octanol–water partition coefficient (Wildman–Crippen LogP) is 6.72. The minimum Gasteiger partial charge on any atom is -0.457 e. The van der Waals surface area contributed by atoms with Crippen LogP contribution in [0.5, 0.6) is 11.5 Å². The molecule has 0 radical (unpaired) electrons. The van der Waals surface area contributed by atoms with Crippen molar-refractivity contribution in [3.05, 3.63) is 84.1 Å². The number of fused-ring (bicyclic) bond motifs is 1. The van der Waals surface area contributed by atoms with Crippen LogP contribution in [0.15, 0.2) is 77.2 Å². The van der Waals surface area contributed by atoms with Gasteiger partial charge in [-0.2, -0.15) is 13.2 Å². The fraction of sp³-hybridized carbons (Fsp3) is 0.0455. The number of hydrogen-bond donors (Lipinski definition) is 0. The summed E-state index contributed by atoms with van der Waals surface area (Å²) in [5.74, 6) is 0.796. The van der Waals surface area contributed by atoms with Crippen LogP contribution in [0, 0.1) is 0 Å². The number of hydrogen-bond acceptors (Lipinski definition) is 3. The van der Waals surface area contributed by atoms with E-state index >= 15 is 0 Å². The zero-order valence-electron chi connectivity index (χ0n) is 14.4. The number of benzene rings is 3. The van der Waals surface area contributed by atoms with Crippen LogP contribution in [0.2, 0.25) is 0 Å². The summed E-state index contributed by atoms with van der Waals surface area (Å²) < 4.78 is 50.7. The highest BCUT2D eigenvalue weighted by molar-refractivity contribution is 5.84. The van der Waals surface area contributed by atoms with Gasteiger partial charge in [-0.1, -0.05) is 30.3 Å². The summed E-state index contributed by atoms with van der Waals surface area (Å²) in [7, 11) is 0. The molecule has 140 valence electrons. The lowest BCUT2D eigenvalue weighted by Crippen LogP contribution is -2.05. The fourth-order valence-electron chi connectivity index (χ4n) is 2.91. The van der Waals surface area contributed by atoms with Crippen LogP contribution in [0.1, 0.15) is 16.1 Å². The molecule has 0 spiro atoms. The Balaban J connectivity index is 1.79. The summed E-state index contributed by atoms with van der Waals surface area (Å²) in [4.78, 5) is 10.9. The first kappa shape index (κ1) is 17.9. The Kier molecular flexibility index (Phi) is 4.39. The van der Waals surface area contributed by atoms with Crippen LogP contribution in [0.4, 0.5) is 13.2 Å². The maximum Gasteiger partial charge on any atom is 0.416 e. The molecule has 0 saturated carbocycles. The lowest BCUT2D eigenvalue weighted by molar-refractivity contribution is -0.137. The van der Waals surface area contributed by atoms with Crippen LogP contribution in [0.3, 0.4) is 0 Å². The monoisotopic (exact) mass is 382 g/mol. The molecule has 28 heavy (non-hydrogen) atoms. The van der Waals surface area contributed by atoms with Gasteiger partial charge in [0.2, 0.25) is 0 Å². The molecule has 0 atom stereocenters. The lowest BCUT2D eigenvalue weighted by Gasteiger charge is -2.14. The van der Waals surface area contributed by atoms with Gasteiger partial charge in [0.1, 0.15) is 17.3 Å². The van der Waals surface area contributed by atoms with Crippen LogP contribution in [0.25, 0.3) is 22.1 Å². The lowest BCUT2D eigenvalue weighted by atomic mass is 10.1. The molecule has 3 aromatic carbocycles. The fourth-order valence-corrected chi connectivity index (χ4v) is 2.91. The van der Waals surface area contributed by atoms with Crippen molar-refractivity contribution >= 4 is 17.1 Å². The van der Waals surface area contributed by atoms with E-state index in [0.717, 1.165) is 22.9 Å². The molecule has 4 rings (SSSR count). The molecule has 3 nitrogen and oxygen atoms in total. The maximum atomic E-state index is 13.2. The molecule has 1 aromatic heterocycles. The zero-order chi connectivity index (χ0) is 19.7. The highest BCUT2D eigenvalue weighted by Gasteiger charge is 2.31. The van der Waals surface area contributed by atoms with Crippen molar-refractivity contribution < 1.29 is 27.1 Å². The molecule has 0 bridgehead atoms. The minimum atomic E-state index is -4.52. The highest BCUT2D eigenvalue weighted by atomic mass is 19.4. The zero-order valence-corrected chi connectivity index (χ0v) is 14.4. The van der Waals surface area contributed by atoms with Crippen molar-refractivity contribution in [2.45, 2.75) is 6.18 Å². The average Bonchev–Trinajstić information content (AvgIpc) is 3.16. The summed E-state index contributed by atoms with van der Waals surface area (Å²) in [6.45, 7) is 0. The second kappa shape index (κ2) is 6.88. The second-order valence-electron chi connectivity index (χ2n) is 6.14. The first-order chi connectivity index (χ1) is 13.4. The van der Waals surface area contributed by atoms with Gasteiger partial charge in [-0.3, -0.25) is 4.79 Å². The molecule has 0 aliphatic heterocycles. The standard InChI is InChI=1S/C22H13F3O3/c23-22(24,25)16-6-9-20(19(12-16)21-10-8-18(13-26)28-21)27-17-7-5-14-3-1-2-4-15(14)11-17/h1-13H. The Labute approximate surface area is 158 Å². The van der Waals surface area contributed by atoms with Gasteiger partial charge in [-0.05, 0) is 53.2 Å². The summed E-state index contributed by atoms with van der Waals surface area (Å²) in [6, 6.07) is 19.0. The van der Waals surface area contributed by atoms with Gasteiger partial charge in [0.25, 0.3) is 0 Å². The van der Waals surface area contributed by atoms with Crippen molar-refractivity contribution in [1.82, 2.24) is 0 Å². The topological polar surface area (TPSA) is 39.4 Å². The van der Waals surface area contributed by atoms with Gasteiger partial charge >= 0.3 is 6.18 Å². The third-order valence-corrected chi connectivity index (χ3v) is 4.26.